The van der Waals surface area contributed by atoms with Crippen LogP contribution in [-0.2, 0) is 0 Å². The highest BCUT2D eigenvalue weighted by atomic mass is 32.2. The first kappa shape index (κ1) is 11.2. The predicted octanol–water partition coefficient (Wildman–Crippen LogP) is 3.44. The average Bonchev–Trinajstić information content (AvgIpc) is 2.18. The first-order valence-corrected chi connectivity index (χ1v) is 5.42. The highest BCUT2D eigenvalue weighted by Gasteiger charge is 1.97. The molecule has 0 unspecified atom stereocenters. The minimum atomic E-state index is -0.250. The number of halogens is 1. The van der Waals surface area contributed by atoms with E-state index in [2.05, 4.69) is 11.9 Å². The van der Waals surface area contributed by atoms with Gasteiger partial charge in [-0.3, -0.25) is 0 Å². The molecule has 1 rings (SSSR count). The number of hydrogen-bond acceptors (Lipinski definition) is 2. The van der Waals surface area contributed by atoms with Gasteiger partial charge in [0.2, 0.25) is 0 Å². The second-order valence-corrected chi connectivity index (χ2v) is 4.22. The Morgan fingerprint density at radius 2 is 2.14 bits per heavy atom. The summed E-state index contributed by atoms with van der Waals surface area (Å²) in [5, 5.41) is 2.98. The second-order valence-electron chi connectivity index (χ2n) is 2.52. The van der Waals surface area contributed by atoms with Crippen molar-refractivity contribution < 1.29 is 4.39 Å². The van der Waals surface area contributed by atoms with E-state index in [1.165, 1.54) is 23.9 Å². The van der Waals surface area contributed by atoms with Crippen molar-refractivity contribution in [3.05, 3.63) is 42.7 Å². The quantitative estimate of drug-likeness (QED) is 0.627. The van der Waals surface area contributed by atoms with Crippen molar-refractivity contribution >= 4 is 34.0 Å². The lowest BCUT2D eigenvalue weighted by Crippen LogP contribution is -2.04. The van der Waals surface area contributed by atoms with Gasteiger partial charge in [-0.25, -0.2) is 4.39 Å². The zero-order chi connectivity index (χ0) is 10.4. The monoisotopic (exact) mass is 227 g/mol. The molecule has 1 nitrogen and oxygen atoms in total. The van der Waals surface area contributed by atoms with Crippen molar-refractivity contribution in [2.24, 2.45) is 0 Å². The summed E-state index contributed by atoms with van der Waals surface area (Å²) in [6, 6.07) is 6.08. The summed E-state index contributed by atoms with van der Waals surface area (Å²) < 4.78 is 13.2. The Morgan fingerprint density at radius 1 is 1.50 bits per heavy atom. The van der Waals surface area contributed by atoms with Crippen LogP contribution in [0.3, 0.4) is 0 Å². The largest absolute Gasteiger partial charge is 0.341 e. The van der Waals surface area contributed by atoms with E-state index in [4.69, 9.17) is 12.2 Å². The molecule has 0 aromatic heterocycles. The highest BCUT2D eigenvalue weighted by molar-refractivity contribution is 8.23. The standard InChI is InChI=1S/C10H10FNS2/c1-2-7-14-10(13)12-9-5-3-8(11)4-6-9/h2-6H,1,7H2,(H,12,13). The SMILES string of the molecule is C=CCSC(=S)Nc1ccc(F)cc1. The van der Waals surface area contributed by atoms with E-state index in [9.17, 15) is 4.39 Å². The number of thiocarbonyl (C=S) groups is 1. The van der Waals surface area contributed by atoms with E-state index in [1.807, 2.05) is 0 Å². The second kappa shape index (κ2) is 5.78. The fourth-order valence-corrected chi connectivity index (χ4v) is 1.60. The van der Waals surface area contributed by atoms with Gasteiger partial charge in [-0.05, 0) is 24.3 Å². The van der Waals surface area contributed by atoms with Crippen LogP contribution in [0.4, 0.5) is 10.1 Å². The van der Waals surface area contributed by atoms with Gasteiger partial charge in [-0.15, -0.1) is 6.58 Å². The van der Waals surface area contributed by atoms with Gasteiger partial charge in [0, 0.05) is 11.4 Å². The van der Waals surface area contributed by atoms with Crippen LogP contribution in [0.5, 0.6) is 0 Å². The summed E-state index contributed by atoms with van der Waals surface area (Å²) in [6.45, 7) is 3.59. The molecule has 0 saturated carbocycles. The summed E-state index contributed by atoms with van der Waals surface area (Å²) >= 11 is 6.53. The predicted molar refractivity (Wildman–Crippen MR) is 65.3 cm³/mol. The van der Waals surface area contributed by atoms with Crippen LogP contribution in [0.15, 0.2) is 36.9 Å². The number of benzene rings is 1. The van der Waals surface area contributed by atoms with Crippen molar-refractivity contribution in [1.82, 2.24) is 0 Å². The molecular weight excluding hydrogens is 217 g/mol. The molecule has 0 aliphatic carbocycles. The molecule has 0 amide bonds. The van der Waals surface area contributed by atoms with Crippen LogP contribution < -0.4 is 5.32 Å². The third-order valence-electron chi connectivity index (χ3n) is 1.42. The third kappa shape index (κ3) is 3.89. The number of anilines is 1. The highest BCUT2D eigenvalue weighted by Crippen LogP contribution is 2.12. The molecule has 0 heterocycles. The fraction of sp³-hybridized carbons (Fsp3) is 0.100. The summed E-state index contributed by atoms with van der Waals surface area (Å²) in [5.41, 5.74) is 0.799. The zero-order valence-electron chi connectivity index (χ0n) is 7.50. The molecule has 0 radical (unpaired) electrons. The van der Waals surface area contributed by atoms with Crippen molar-refractivity contribution in [2.45, 2.75) is 0 Å². The normalized spacial score (nSPS) is 9.50. The summed E-state index contributed by atoms with van der Waals surface area (Å²) in [5.74, 6) is 0.521. The van der Waals surface area contributed by atoms with Crippen LogP contribution >= 0.6 is 24.0 Å². The molecule has 0 spiro atoms. The molecule has 1 N–H and O–H groups in total. The topological polar surface area (TPSA) is 12.0 Å². The third-order valence-corrected chi connectivity index (χ3v) is 2.65. The van der Waals surface area contributed by atoms with Crippen LogP contribution in [0, 0.1) is 5.82 Å². The van der Waals surface area contributed by atoms with E-state index < -0.39 is 0 Å². The number of hydrogen-bond donors (Lipinski definition) is 1. The molecule has 0 aliphatic rings. The fourth-order valence-electron chi connectivity index (χ4n) is 0.822. The summed E-state index contributed by atoms with van der Waals surface area (Å²) in [7, 11) is 0. The lowest BCUT2D eigenvalue weighted by molar-refractivity contribution is 0.628. The molecule has 0 aliphatic heterocycles. The Labute approximate surface area is 92.4 Å². The van der Waals surface area contributed by atoms with E-state index in [0.29, 0.717) is 4.32 Å². The molecule has 1 aromatic rings. The van der Waals surface area contributed by atoms with E-state index >= 15 is 0 Å². The maximum absolute atomic E-state index is 12.5. The van der Waals surface area contributed by atoms with Gasteiger partial charge in [0.1, 0.15) is 10.1 Å². The van der Waals surface area contributed by atoms with Gasteiger partial charge in [0.15, 0.2) is 0 Å². The minimum Gasteiger partial charge on any atom is -0.341 e. The van der Waals surface area contributed by atoms with Crippen molar-refractivity contribution in [3.63, 3.8) is 0 Å². The van der Waals surface area contributed by atoms with Gasteiger partial charge < -0.3 is 5.32 Å². The van der Waals surface area contributed by atoms with Crippen LogP contribution in [0.25, 0.3) is 0 Å². The first-order valence-electron chi connectivity index (χ1n) is 4.02. The van der Waals surface area contributed by atoms with Crippen LogP contribution in [0.2, 0.25) is 0 Å². The molecule has 74 valence electrons. The lowest BCUT2D eigenvalue weighted by atomic mass is 10.3. The van der Waals surface area contributed by atoms with E-state index in [-0.39, 0.29) is 5.82 Å². The van der Waals surface area contributed by atoms with Gasteiger partial charge in [0.05, 0.1) is 0 Å². The average molecular weight is 227 g/mol. The zero-order valence-corrected chi connectivity index (χ0v) is 9.13. The molecule has 4 heteroatoms. The Morgan fingerprint density at radius 3 is 2.71 bits per heavy atom. The maximum atomic E-state index is 12.5. The smallest absolute Gasteiger partial charge is 0.138 e. The Bertz CT molecular complexity index is 321. The molecular formula is C10H10FNS2. The van der Waals surface area contributed by atoms with Crippen molar-refractivity contribution in [3.8, 4) is 0 Å². The van der Waals surface area contributed by atoms with Gasteiger partial charge in [0.25, 0.3) is 0 Å². The maximum Gasteiger partial charge on any atom is 0.138 e. The number of nitrogens with one attached hydrogen (secondary N) is 1. The number of thioether (sulfide) groups is 1. The molecule has 0 fully saturated rings. The molecule has 0 saturated heterocycles. The van der Waals surface area contributed by atoms with Gasteiger partial charge in [-0.2, -0.15) is 0 Å². The molecule has 1 aromatic carbocycles. The molecule has 0 atom stereocenters. The van der Waals surface area contributed by atoms with Gasteiger partial charge >= 0.3 is 0 Å². The van der Waals surface area contributed by atoms with Crippen LogP contribution in [-0.4, -0.2) is 10.1 Å². The first-order chi connectivity index (χ1) is 6.72. The van der Waals surface area contributed by atoms with E-state index in [1.54, 1.807) is 18.2 Å². The van der Waals surface area contributed by atoms with E-state index in [0.717, 1.165) is 11.4 Å². The minimum absolute atomic E-state index is 0.250. The summed E-state index contributed by atoms with van der Waals surface area (Å²) in [4.78, 5) is 0. The van der Waals surface area contributed by atoms with Crippen molar-refractivity contribution in [1.29, 1.82) is 0 Å². The number of rotatable bonds is 3. The summed E-state index contributed by atoms with van der Waals surface area (Å²) in [6.07, 6.45) is 1.78. The van der Waals surface area contributed by atoms with Gasteiger partial charge in [-0.1, -0.05) is 30.1 Å². The Balaban J connectivity index is 2.47. The Kier molecular flexibility index (Phi) is 4.62. The molecule has 14 heavy (non-hydrogen) atoms. The van der Waals surface area contributed by atoms with Crippen molar-refractivity contribution in [2.75, 3.05) is 11.1 Å². The Hall–Kier alpha value is -0.870. The molecule has 0 bridgehead atoms. The lowest BCUT2D eigenvalue weighted by Gasteiger charge is -2.05. The van der Waals surface area contributed by atoms with Crippen LogP contribution in [0.1, 0.15) is 0 Å².